The van der Waals surface area contributed by atoms with Gasteiger partial charge in [-0.15, -0.1) is 0 Å². The van der Waals surface area contributed by atoms with E-state index < -0.39 is 0 Å². The van der Waals surface area contributed by atoms with Crippen molar-refractivity contribution in [2.45, 2.75) is 6.42 Å². The van der Waals surface area contributed by atoms with Gasteiger partial charge in [0.2, 0.25) is 0 Å². The molecule has 0 aliphatic rings. The molecule has 0 aliphatic carbocycles. The van der Waals surface area contributed by atoms with E-state index in [1.807, 2.05) is 24.3 Å². The van der Waals surface area contributed by atoms with Crippen LogP contribution in [0, 0.1) is 0 Å². The molecule has 1 heterocycles. The smallest absolute Gasteiger partial charge is 0.145 e. The first-order chi connectivity index (χ1) is 7.65. The fourth-order valence-corrected chi connectivity index (χ4v) is 1.92. The van der Waals surface area contributed by atoms with Gasteiger partial charge in [0.25, 0.3) is 0 Å². The van der Waals surface area contributed by atoms with Crippen LogP contribution in [0.15, 0.2) is 39.5 Å². The van der Waals surface area contributed by atoms with Gasteiger partial charge in [0.1, 0.15) is 10.4 Å². The summed E-state index contributed by atoms with van der Waals surface area (Å²) in [6, 6.07) is 8.06. The average molecular weight is 343 g/mol. The molecular weight excluding hydrogens is 334 g/mol. The molecule has 1 aromatic carbocycles. The first-order valence-corrected chi connectivity index (χ1v) is 6.25. The fourth-order valence-electron chi connectivity index (χ4n) is 1.34. The van der Waals surface area contributed by atoms with E-state index >= 15 is 0 Å². The van der Waals surface area contributed by atoms with Crippen molar-refractivity contribution < 1.29 is 0 Å². The quantitative estimate of drug-likeness (QED) is 0.911. The molecule has 16 heavy (non-hydrogen) atoms. The summed E-state index contributed by atoms with van der Waals surface area (Å²) in [4.78, 5) is 8.36. The second-order valence-electron chi connectivity index (χ2n) is 3.33. The molecule has 0 unspecified atom stereocenters. The number of rotatable bonds is 2. The Morgan fingerprint density at radius 1 is 1.12 bits per heavy atom. The van der Waals surface area contributed by atoms with Crippen LogP contribution in [0.4, 0.5) is 5.82 Å². The van der Waals surface area contributed by atoms with Gasteiger partial charge >= 0.3 is 0 Å². The van der Waals surface area contributed by atoms with Crippen molar-refractivity contribution in [2.75, 3.05) is 5.73 Å². The number of nitrogen functional groups attached to an aromatic ring is 1. The number of hydrogen-bond donors (Lipinski definition) is 1. The average Bonchev–Trinajstić information content (AvgIpc) is 2.27. The highest BCUT2D eigenvalue weighted by atomic mass is 79.9. The topological polar surface area (TPSA) is 51.8 Å². The van der Waals surface area contributed by atoms with Gasteiger partial charge in [-0.2, -0.15) is 0 Å². The molecule has 3 nitrogen and oxygen atoms in total. The molecule has 0 aliphatic heterocycles. The number of aromatic nitrogens is 2. The van der Waals surface area contributed by atoms with Gasteiger partial charge in [0, 0.05) is 10.9 Å². The minimum absolute atomic E-state index is 0.478. The van der Waals surface area contributed by atoms with Crippen molar-refractivity contribution in [3.63, 3.8) is 0 Å². The van der Waals surface area contributed by atoms with Crippen LogP contribution >= 0.6 is 31.9 Å². The highest BCUT2D eigenvalue weighted by Crippen LogP contribution is 2.17. The van der Waals surface area contributed by atoms with Crippen LogP contribution in [0.1, 0.15) is 11.3 Å². The van der Waals surface area contributed by atoms with E-state index in [9.17, 15) is 0 Å². The van der Waals surface area contributed by atoms with Crippen LogP contribution < -0.4 is 5.73 Å². The molecule has 2 N–H and O–H groups in total. The van der Waals surface area contributed by atoms with Crippen LogP contribution in [-0.2, 0) is 6.42 Å². The lowest BCUT2D eigenvalue weighted by atomic mass is 10.1. The van der Waals surface area contributed by atoms with Gasteiger partial charge in [-0.05, 0) is 33.6 Å². The second kappa shape index (κ2) is 4.93. The number of hydrogen-bond acceptors (Lipinski definition) is 3. The summed E-state index contributed by atoms with van der Waals surface area (Å²) in [5, 5.41) is 0. The van der Waals surface area contributed by atoms with E-state index in [2.05, 4.69) is 41.8 Å². The molecule has 0 atom stereocenters. The predicted octanol–water partition coefficient (Wildman–Crippen LogP) is 3.17. The number of halogens is 2. The molecule has 2 rings (SSSR count). The summed E-state index contributed by atoms with van der Waals surface area (Å²) in [5.41, 5.74) is 7.71. The Bertz CT molecular complexity index is 497. The molecule has 0 saturated heterocycles. The molecule has 0 radical (unpaired) electrons. The third-order valence-corrected chi connectivity index (χ3v) is 3.04. The van der Waals surface area contributed by atoms with Crippen molar-refractivity contribution >= 4 is 37.7 Å². The Morgan fingerprint density at radius 2 is 1.81 bits per heavy atom. The summed E-state index contributed by atoms with van der Waals surface area (Å²) in [5.74, 6) is 0.478. The first-order valence-electron chi connectivity index (χ1n) is 4.66. The molecule has 0 fully saturated rings. The van der Waals surface area contributed by atoms with Crippen molar-refractivity contribution in [3.05, 3.63) is 50.8 Å². The third-order valence-electron chi connectivity index (χ3n) is 2.13. The number of benzene rings is 1. The first kappa shape index (κ1) is 11.5. The zero-order valence-electron chi connectivity index (χ0n) is 8.32. The molecule has 0 bridgehead atoms. The summed E-state index contributed by atoms with van der Waals surface area (Å²) >= 11 is 6.68. The van der Waals surface area contributed by atoms with E-state index in [4.69, 9.17) is 5.73 Å². The zero-order valence-corrected chi connectivity index (χ0v) is 11.5. The van der Waals surface area contributed by atoms with E-state index in [1.54, 1.807) is 6.20 Å². The van der Waals surface area contributed by atoms with E-state index in [1.165, 1.54) is 0 Å². The lowest BCUT2D eigenvalue weighted by molar-refractivity contribution is 1.02. The van der Waals surface area contributed by atoms with E-state index in [-0.39, 0.29) is 0 Å². The molecule has 1 aromatic heterocycles. The Hall–Kier alpha value is -0.940. The minimum Gasteiger partial charge on any atom is -0.382 e. The molecule has 2 aromatic rings. The van der Waals surface area contributed by atoms with Crippen molar-refractivity contribution in [2.24, 2.45) is 0 Å². The van der Waals surface area contributed by atoms with E-state index in [0.717, 1.165) is 15.7 Å². The summed E-state index contributed by atoms with van der Waals surface area (Å²) in [7, 11) is 0. The van der Waals surface area contributed by atoms with E-state index in [0.29, 0.717) is 16.8 Å². The van der Waals surface area contributed by atoms with Gasteiger partial charge in [0.15, 0.2) is 0 Å². The zero-order chi connectivity index (χ0) is 11.5. The largest absolute Gasteiger partial charge is 0.382 e. The molecule has 0 amide bonds. The normalized spacial score (nSPS) is 10.4. The van der Waals surface area contributed by atoms with Crippen molar-refractivity contribution in [1.29, 1.82) is 0 Å². The SMILES string of the molecule is Nc1ncc(Br)nc1Cc1ccc(Br)cc1. The maximum absolute atomic E-state index is 5.76. The summed E-state index contributed by atoms with van der Waals surface area (Å²) < 4.78 is 1.76. The summed E-state index contributed by atoms with van der Waals surface area (Å²) in [6.07, 6.45) is 2.28. The maximum Gasteiger partial charge on any atom is 0.145 e. The second-order valence-corrected chi connectivity index (χ2v) is 5.06. The van der Waals surface area contributed by atoms with Crippen molar-refractivity contribution in [3.8, 4) is 0 Å². The lowest BCUT2D eigenvalue weighted by Crippen LogP contribution is -2.02. The lowest BCUT2D eigenvalue weighted by Gasteiger charge is -2.04. The Morgan fingerprint density at radius 3 is 2.50 bits per heavy atom. The van der Waals surface area contributed by atoms with Gasteiger partial charge in [-0.3, -0.25) is 0 Å². The van der Waals surface area contributed by atoms with Gasteiger partial charge in [-0.25, -0.2) is 9.97 Å². The van der Waals surface area contributed by atoms with Crippen LogP contribution in [-0.4, -0.2) is 9.97 Å². The minimum atomic E-state index is 0.478. The number of nitrogens with two attached hydrogens (primary N) is 1. The monoisotopic (exact) mass is 341 g/mol. The Balaban J connectivity index is 2.26. The van der Waals surface area contributed by atoms with Crippen LogP contribution in [0.3, 0.4) is 0 Å². The summed E-state index contributed by atoms with van der Waals surface area (Å²) in [6.45, 7) is 0. The molecule has 82 valence electrons. The predicted molar refractivity (Wildman–Crippen MR) is 71.1 cm³/mol. The molecule has 0 saturated carbocycles. The number of anilines is 1. The molecule has 0 spiro atoms. The number of nitrogens with zero attached hydrogens (tertiary/aromatic N) is 2. The highest BCUT2D eigenvalue weighted by molar-refractivity contribution is 9.10. The van der Waals surface area contributed by atoms with Crippen LogP contribution in [0.25, 0.3) is 0 Å². The van der Waals surface area contributed by atoms with Crippen LogP contribution in [0.2, 0.25) is 0 Å². The van der Waals surface area contributed by atoms with Crippen LogP contribution in [0.5, 0.6) is 0 Å². The fraction of sp³-hybridized carbons (Fsp3) is 0.0909. The third kappa shape index (κ3) is 2.80. The Kier molecular flexibility index (Phi) is 3.56. The maximum atomic E-state index is 5.76. The van der Waals surface area contributed by atoms with Gasteiger partial charge in [-0.1, -0.05) is 28.1 Å². The van der Waals surface area contributed by atoms with Gasteiger partial charge < -0.3 is 5.73 Å². The molecular formula is C11H9Br2N3. The molecule has 5 heteroatoms. The highest BCUT2D eigenvalue weighted by Gasteiger charge is 2.04. The van der Waals surface area contributed by atoms with Crippen molar-refractivity contribution in [1.82, 2.24) is 9.97 Å². The Labute approximate surface area is 110 Å². The van der Waals surface area contributed by atoms with Gasteiger partial charge in [0.05, 0.1) is 11.9 Å². The standard InChI is InChI=1S/C11H9Br2N3/c12-8-3-1-7(2-4-8)5-9-11(14)15-6-10(13)16-9/h1-4,6H,5H2,(H2,14,15).